The number of carbonyl (C=O) groups is 1. The van der Waals surface area contributed by atoms with Crippen molar-refractivity contribution in [3.63, 3.8) is 0 Å². The fourth-order valence-corrected chi connectivity index (χ4v) is 4.59. The minimum Gasteiger partial charge on any atom is -0.331 e. The van der Waals surface area contributed by atoms with Gasteiger partial charge in [-0.1, -0.05) is 38.1 Å². The van der Waals surface area contributed by atoms with E-state index in [4.69, 9.17) is 0 Å². The van der Waals surface area contributed by atoms with Crippen molar-refractivity contribution in [1.82, 2.24) is 9.21 Å². The van der Waals surface area contributed by atoms with Crippen LogP contribution in [0.4, 0.5) is 0 Å². The van der Waals surface area contributed by atoms with E-state index in [1.165, 1.54) is 41.7 Å². The number of carbonyl (C=O) groups excluding carboxylic acids is 1. The predicted molar refractivity (Wildman–Crippen MR) is 106 cm³/mol. The molecule has 1 unspecified atom stereocenters. The van der Waals surface area contributed by atoms with Gasteiger partial charge in [0.1, 0.15) is 0 Å². The minimum atomic E-state index is -3.50. The molecule has 27 heavy (non-hydrogen) atoms. The third kappa shape index (κ3) is 3.64. The van der Waals surface area contributed by atoms with E-state index in [0.29, 0.717) is 12.1 Å². The van der Waals surface area contributed by atoms with Crippen molar-refractivity contribution in [2.75, 3.05) is 20.6 Å². The molecule has 0 aromatic heterocycles. The van der Waals surface area contributed by atoms with E-state index < -0.39 is 10.0 Å². The second-order valence-electron chi connectivity index (χ2n) is 7.45. The summed E-state index contributed by atoms with van der Waals surface area (Å²) in [5.74, 6) is 0.223. The largest absolute Gasteiger partial charge is 0.331 e. The summed E-state index contributed by atoms with van der Waals surface area (Å²) in [5, 5.41) is 0. The van der Waals surface area contributed by atoms with Crippen molar-refractivity contribution in [1.29, 1.82) is 0 Å². The van der Waals surface area contributed by atoms with Crippen molar-refractivity contribution in [3.05, 3.63) is 65.2 Å². The molecule has 0 aliphatic carbocycles. The minimum absolute atomic E-state index is 0.0210. The molecule has 6 heteroatoms. The number of fused-ring (bicyclic) bond motifs is 1. The quantitative estimate of drug-likeness (QED) is 0.810. The highest BCUT2D eigenvalue weighted by Crippen LogP contribution is 2.36. The van der Waals surface area contributed by atoms with Crippen LogP contribution in [0.5, 0.6) is 0 Å². The zero-order chi connectivity index (χ0) is 19.8. The fraction of sp³-hybridized carbons (Fsp3) is 0.381. The molecule has 0 fully saturated rings. The monoisotopic (exact) mass is 386 g/mol. The van der Waals surface area contributed by atoms with Crippen molar-refractivity contribution in [2.45, 2.75) is 31.2 Å². The molecule has 144 valence electrons. The lowest BCUT2D eigenvalue weighted by Gasteiger charge is -2.40. The summed E-state index contributed by atoms with van der Waals surface area (Å²) in [6.07, 6.45) is 0.832. The van der Waals surface area contributed by atoms with Gasteiger partial charge in [0.25, 0.3) is 5.91 Å². The Balaban J connectivity index is 1.91. The topological polar surface area (TPSA) is 57.7 Å². The fourth-order valence-electron chi connectivity index (χ4n) is 3.69. The Labute approximate surface area is 161 Å². The Morgan fingerprint density at radius 2 is 1.70 bits per heavy atom. The highest BCUT2D eigenvalue weighted by atomic mass is 32.2. The molecule has 3 rings (SSSR count). The van der Waals surface area contributed by atoms with Crippen LogP contribution in [0.3, 0.4) is 0 Å². The summed E-state index contributed by atoms with van der Waals surface area (Å²) in [5.41, 5.74) is 3.02. The maximum Gasteiger partial charge on any atom is 0.254 e. The van der Waals surface area contributed by atoms with E-state index in [0.717, 1.165) is 6.42 Å². The summed E-state index contributed by atoms with van der Waals surface area (Å²) in [4.78, 5) is 15.3. The molecule has 0 spiro atoms. The van der Waals surface area contributed by atoms with Crippen molar-refractivity contribution in [2.24, 2.45) is 5.92 Å². The van der Waals surface area contributed by atoms with Gasteiger partial charge in [0.2, 0.25) is 10.0 Å². The van der Waals surface area contributed by atoms with E-state index in [2.05, 4.69) is 26.0 Å². The standard InChI is InChI=1S/C21H26N2O3S/c1-15(2)20-19-8-6-5-7-16(19)13-14-23(20)21(24)17-9-11-18(12-10-17)27(25,26)22(3)4/h5-12,15,20H,13-14H2,1-4H3. The number of hydrogen-bond acceptors (Lipinski definition) is 3. The van der Waals surface area contributed by atoms with Crippen LogP contribution in [0, 0.1) is 5.92 Å². The third-order valence-electron chi connectivity index (χ3n) is 5.10. The Morgan fingerprint density at radius 1 is 1.07 bits per heavy atom. The Kier molecular flexibility index (Phi) is 5.40. The number of rotatable bonds is 4. The van der Waals surface area contributed by atoms with Gasteiger partial charge in [-0.25, -0.2) is 12.7 Å². The average molecular weight is 387 g/mol. The molecule has 0 saturated carbocycles. The van der Waals surface area contributed by atoms with Crippen LogP contribution in [-0.4, -0.2) is 44.2 Å². The van der Waals surface area contributed by atoms with Gasteiger partial charge in [0, 0.05) is 26.2 Å². The van der Waals surface area contributed by atoms with Crippen LogP contribution in [0.25, 0.3) is 0 Å². The van der Waals surface area contributed by atoms with E-state index in [-0.39, 0.29) is 22.8 Å². The highest BCUT2D eigenvalue weighted by molar-refractivity contribution is 7.89. The maximum absolute atomic E-state index is 13.2. The molecular weight excluding hydrogens is 360 g/mol. The zero-order valence-corrected chi connectivity index (χ0v) is 17.0. The first-order chi connectivity index (χ1) is 12.7. The number of hydrogen-bond donors (Lipinski definition) is 0. The summed E-state index contributed by atoms with van der Waals surface area (Å²) < 4.78 is 25.6. The molecule has 1 atom stereocenters. The zero-order valence-electron chi connectivity index (χ0n) is 16.2. The average Bonchev–Trinajstić information content (AvgIpc) is 2.66. The summed E-state index contributed by atoms with van der Waals surface area (Å²) in [6.45, 7) is 4.91. The molecule has 2 aromatic rings. The molecule has 0 N–H and O–H groups in total. The molecule has 2 aromatic carbocycles. The van der Waals surface area contributed by atoms with Gasteiger partial charge in [-0.15, -0.1) is 0 Å². The van der Waals surface area contributed by atoms with Crippen molar-refractivity contribution in [3.8, 4) is 0 Å². The molecule has 5 nitrogen and oxygen atoms in total. The normalized spacial score (nSPS) is 17.3. The van der Waals surface area contributed by atoms with E-state index in [1.54, 1.807) is 12.1 Å². The van der Waals surface area contributed by atoms with Gasteiger partial charge in [-0.05, 0) is 47.7 Å². The first kappa shape index (κ1) is 19.6. The lowest BCUT2D eigenvalue weighted by Crippen LogP contribution is -2.42. The molecule has 0 bridgehead atoms. The SMILES string of the molecule is CC(C)C1c2ccccc2CCN1C(=O)c1ccc(S(=O)(=O)N(C)C)cc1. The van der Waals surface area contributed by atoms with Crippen LogP contribution >= 0.6 is 0 Å². The van der Waals surface area contributed by atoms with Crippen molar-refractivity contribution >= 4 is 15.9 Å². The number of amides is 1. The number of benzene rings is 2. The Morgan fingerprint density at radius 3 is 2.30 bits per heavy atom. The third-order valence-corrected chi connectivity index (χ3v) is 6.93. The van der Waals surface area contributed by atoms with E-state index >= 15 is 0 Å². The molecule has 1 aliphatic rings. The van der Waals surface area contributed by atoms with Gasteiger partial charge in [0.05, 0.1) is 10.9 Å². The molecule has 1 aliphatic heterocycles. The van der Waals surface area contributed by atoms with Gasteiger partial charge < -0.3 is 4.90 Å². The van der Waals surface area contributed by atoms with E-state index in [1.807, 2.05) is 17.0 Å². The highest BCUT2D eigenvalue weighted by Gasteiger charge is 2.33. The maximum atomic E-state index is 13.2. The van der Waals surface area contributed by atoms with Gasteiger partial charge in [0.15, 0.2) is 0 Å². The Bertz CT molecular complexity index is 934. The smallest absolute Gasteiger partial charge is 0.254 e. The summed E-state index contributed by atoms with van der Waals surface area (Å²) in [7, 11) is -0.514. The summed E-state index contributed by atoms with van der Waals surface area (Å²) >= 11 is 0. The molecular formula is C21H26N2O3S. The molecule has 1 amide bonds. The Hall–Kier alpha value is -2.18. The first-order valence-corrected chi connectivity index (χ1v) is 10.6. The lowest BCUT2D eigenvalue weighted by atomic mass is 9.86. The van der Waals surface area contributed by atoms with Crippen LogP contribution in [0.15, 0.2) is 53.4 Å². The molecule has 0 saturated heterocycles. The number of sulfonamides is 1. The number of nitrogens with zero attached hydrogens (tertiary/aromatic N) is 2. The van der Waals surface area contributed by atoms with Gasteiger partial charge in [-0.2, -0.15) is 0 Å². The van der Waals surface area contributed by atoms with Crippen LogP contribution in [-0.2, 0) is 16.4 Å². The first-order valence-electron chi connectivity index (χ1n) is 9.15. The summed E-state index contributed by atoms with van der Waals surface area (Å²) in [6, 6.07) is 14.5. The molecule has 0 radical (unpaired) electrons. The van der Waals surface area contributed by atoms with Crippen LogP contribution in [0.2, 0.25) is 0 Å². The van der Waals surface area contributed by atoms with Crippen LogP contribution in [0.1, 0.15) is 41.4 Å². The van der Waals surface area contributed by atoms with E-state index in [9.17, 15) is 13.2 Å². The van der Waals surface area contributed by atoms with Crippen LogP contribution < -0.4 is 0 Å². The molecule has 1 heterocycles. The van der Waals surface area contributed by atoms with Gasteiger partial charge >= 0.3 is 0 Å². The second kappa shape index (κ2) is 7.44. The predicted octanol–water partition coefficient (Wildman–Crippen LogP) is 3.33. The van der Waals surface area contributed by atoms with Crippen molar-refractivity contribution < 1.29 is 13.2 Å². The van der Waals surface area contributed by atoms with Gasteiger partial charge in [-0.3, -0.25) is 4.79 Å². The lowest BCUT2D eigenvalue weighted by molar-refractivity contribution is 0.0603. The second-order valence-corrected chi connectivity index (χ2v) is 9.60.